The number of benzene rings is 1. The molecule has 0 aliphatic heterocycles. The molecule has 0 heterocycles. The van der Waals surface area contributed by atoms with Crippen LogP contribution in [0.15, 0.2) is 24.3 Å². The highest BCUT2D eigenvalue weighted by molar-refractivity contribution is 6.30. The molecule has 1 aromatic carbocycles. The molecule has 15 heavy (non-hydrogen) atoms. The van der Waals surface area contributed by atoms with Gasteiger partial charge in [0.15, 0.2) is 0 Å². The summed E-state index contributed by atoms with van der Waals surface area (Å²) < 4.78 is 0. The SMILES string of the molecule is CC(C)(C)CC(=O)Nc1cccc(Cl)c1. The van der Waals surface area contributed by atoms with Crippen LogP contribution in [0, 0.1) is 5.41 Å². The molecule has 0 aromatic heterocycles. The molecule has 0 aliphatic rings. The quantitative estimate of drug-likeness (QED) is 0.817. The Morgan fingerprint density at radius 2 is 2.07 bits per heavy atom. The Labute approximate surface area is 95.6 Å². The molecular weight excluding hydrogens is 210 g/mol. The minimum Gasteiger partial charge on any atom is -0.326 e. The van der Waals surface area contributed by atoms with E-state index in [9.17, 15) is 4.79 Å². The fourth-order valence-corrected chi connectivity index (χ4v) is 1.44. The first-order chi connectivity index (χ1) is 6.87. The third kappa shape index (κ3) is 4.84. The molecule has 0 saturated carbocycles. The number of hydrogen-bond acceptors (Lipinski definition) is 1. The summed E-state index contributed by atoms with van der Waals surface area (Å²) >= 11 is 5.81. The van der Waals surface area contributed by atoms with Gasteiger partial charge in [0.05, 0.1) is 0 Å². The average molecular weight is 226 g/mol. The molecule has 1 amide bonds. The highest BCUT2D eigenvalue weighted by Gasteiger charge is 2.15. The van der Waals surface area contributed by atoms with Crippen LogP contribution in [0.2, 0.25) is 5.02 Å². The van der Waals surface area contributed by atoms with E-state index in [1.807, 2.05) is 32.9 Å². The first-order valence-corrected chi connectivity index (χ1v) is 5.30. The smallest absolute Gasteiger partial charge is 0.224 e. The fraction of sp³-hybridized carbons (Fsp3) is 0.417. The number of rotatable bonds is 2. The van der Waals surface area contributed by atoms with Gasteiger partial charge in [0.2, 0.25) is 5.91 Å². The normalized spacial score (nSPS) is 11.2. The number of carbonyl (C=O) groups is 1. The summed E-state index contributed by atoms with van der Waals surface area (Å²) in [5, 5.41) is 3.44. The predicted molar refractivity (Wildman–Crippen MR) is 64.2 cm³/mol. The first-order valence-electron chi connectivity index (χ1n) is 4.92. The zero-order valence-corrected chi connectivity index (χ0v) is 10.1. The largest absolute Gasteiger partial charge is 0.326 e. The lowest BCUT2D eigenvalue weighted by molar-refractivity contribution is -0.117. The van der Waals surface area contributed by atoms with Crippen LogP contribution in [0.4, 0.5) is 5.69 Å². The number of carbonyl (C=O) groups excluding carboxylic acids is 1. The molecule has 1 aromatic rings. The van der Waals surface area contributed by atoms with E-state index in [1.165, 1.54) is 0 Å². The van der Waals surface area contributed by atoms with E-state index in [0.29, 0.717) is 11.4 Å². The molecular formula is C12H16ClNO. The fourth-order valence-electron chi connectivity index (χ4n) is 1.25. The van der Waals surface area contributed by atoms with E-state index < -0.39 is 0 Å². The zero-order chi connectivity index (χ0) is 11.5. The molecule has 1 rings (SSSR count). The van der Waals surface area contributed by atoms with Gasteiger partial charge in [-0.15, -0.1) is 0 Å². The van der Waals surface area contributed by atoms with Crippen molar-refractivity contribution < 1.29 is 4.79 Å². The van der Waals surface area contributed by atoms with E-state index in [4.69, 9.17) is 11.6 Å². The maximum atomic E-state index is 11.6. The van der Waals surface area contributed by atoms with Crippen molar-refractivity contribution in [2.45, 2.75) is 27.2 Å². The standard InChI is InChI=1S/C12H16ClNO/c1-12(2,3)8-11(15)14-10-6-4-5-9(13)7-10/h4-7H,8H2,1-3H3,(H,14,15). The second-order valence-corrected chi connectivity index (χ2v) is 5.23. The lowest BCUT2D eigenvalue weighted by Gasteiger charge is -2.17. The topological polar surface area (TPSA) is 29.1 Å². The Morgan fingerprint density at radius 3 is 2.60 bits per heavy atom. The molecule has 2 nitrogen and oxygen atoms in total. The Hall–Kier alpha value is -1.02. The van der Waals surface area contributed by atoms with Crippen LogP contribution in [-0.4, -0.2) is 5.91 Å². The minimum absolute atomic E-state index is 0.00264. The zero-order valence-electron chi connectivity index (χ0n) is 9.30. The van der Waals surface area contributed by atoms with Gasteiger partial charge in [0.25, 0.3) is 0 Å². The molecule has 0 aliphatic carbocycles. The van der Waals surface area contributed by atoms with Crippen LogP contribution >= 0.6 is 11.6 Å². The molecule has 0 radical (unpaired) electrons. The molecule has 0 saturated heterocycles. The minimum atomic E-state index is 0.00264. The Balaban J connectivity index is 2.59. The molecule has 0 atom stereocenters. The van der Waals surface area contributed by atoms with Gasteiger partial charge >= 0.3 is 0 Å². The van der Waals surface area contributed by atoms with Crippen LogP contribution in [-0.2, 0) is 4.79 Å². The number of amides is 1. The molecule has 3 heteroatoms. The van der Waals surface area contributed by atoms with Gasteiger partial charge in [-0.1, -0.05) is 38.4 Å². The highest BCUT2D eigenvalue weighted by atomic mass is 35.5. The summed E-state index contributed by atoms with van der Waals surface area (Å²) in [6.07, 6.45) is 0.500. The van der Waals surface area contributed by atoms with Gasteiger partial charge in [-0.3, -0.25) is 4.79 Å². The summed E-state index contributed by atoms with van der Waals surface area (Å²) in [6, 6.07) is 7.16. The van der Waals surface area contributed by atoms with Gasteiger partial charge in [-0.05, 0) is 23.6 Å². The summed E-state index contributed by atoms with van der Waals surface area (Å²) in [7, 11) is 0. The number of anilines is 1. The van der Waals surface area contributed by atoms with E-state index in [2.05, 4.69) is 5.32 Å². The molecule has 0 unspecified atom stereocenters. The van der Waals surface area contributed by atoms with Gasteiger partial charge < -0.3 is 5.32 Å². The second-order valence-electron chi connectivity index (χ2n) is 4.80. The molecule has 0 fully saturated rings. The first kappa shape index (κ1) is 12.1. The van der Waals surface area contributed by atoms with Crippen LogP contribution in [0.3, 0.4) is 0 Å². The maximum Gasteiger partial charge on any atom is 0.224 e. The highest BCUT2D eigenvalue weighted by Crippen LogP contribution is 2.20. The van der Waals surface area contributed by atoms with Crippen molar-refractivity contribution in [2.24, 2.45) is 5.41 Å². The number of hydrogen-bond donors (Lipinski definition) is 1. The van der Waals surface area contributed by atoms with E-state index in [1.54, 1.807) is 12.1 Å². The second kappa shape index (κ2) is 4.67. The summed E-state index contributed by atoms with van der Waals surface area (Å²) in [5.74, 6) is 0.0183. The summed E-state index contributed by atoms with van der Waals surface area (Å²) in [6.45, 7) is 6.10. The third-order valence-electron chi connectivity index (χ3n) is 1.80. The van der Waals surface area contributed by atoms with E-state index >= 15 is 0 Å². The Bertz CT molecular complexity index is 355. The summed E-state index contributed by atoms with van der Waals surface area (Å²) in [5.41, 5.74) is 0.750. The van der Waals surface area contributed by atoms with E-state index in [-0.39, 0.29) is 11.3 Å². The lowest BCUT2D eigenvalue weighted by Crippen LogP contribution is -2.19. The van der Waals surface area contributed by atoms with Crippen molar-refractivity contribution in [1.29, 1.82) is 0 Å². The van der Waals surface area contributed by atoms with Crippen molar-refractivity contribution in [1.82, 2.24) is 0 Å². The predicted octanol–water partition coefficient (Wildman–Crippen LogP) is 3.71. The van der Waals surface area contributed by atoms with Crippen molar-refractivity contribution in [3.05, 3.63) is 29.3 Å². The van der Waals surface area contributed by atoms with Crippen molar-refractivity contribution in [2.75, 3.05) is 5.32 Å². The molecule has 1 N–H and O–H groups in total. The van der Waals surface area contributed by atoms with Crippen molar-refractivity contribution in [3.63, 3.8) is 0 Å². The number of halogens is 1. The van der Waals surface area contributed by atoms with Gasteiger partial charge in [0.1, 0.15) is 0 Å². The van der Waals surface area contributed by atoms with Crippen LogP contribution in [0.25, 0.3) is 0 Å². The van der Waals surface area contributed by atoms with E-state index in [0.717, 1.165) is 5.69 Å². The Morgan fingerprint density at radius 1 is 1.40 bits per heavy atom. The van der Waals surface area contributed by atoms with Crippen LogP contribution in [0.1, 0.15) is 27.2 Å². The number of nitrogens with one attached hydrogen (secondary N) is 1. The molecule has 82 valence electrons. The molecule has 0 bridgehead atoms. The van der Waals surface area contributed by atoms with Crippen LogP contribution in [0.5, 0.6) is 0 Å². The van der Waals surface area contributed by atoms with Crippen molar-refractivity contribution in [3.8, 4) is 0 Å². The maximum absolute atomic E-state index is 11.6. The molecule has 0 spiro atoms. The summed E-state index contributed by atoms with van der Waals surface area (Å²) in [4.78, 5) is 11.6. The lowest BCUT2D eigenvalue weighted by atomic mass is 9.92. The Kier molecular flexibility index (Phi) is 3.75. The van der Waals surface area contributed by atoms with Gasteiger partial charge in [-0.25, -0.2) is 0 Å². The third-order valence-corrected chi connectivity index (χ3v) is 2.03. The monoisotopic (exact) mass is 225 g/mol. The van der Waals surface area contributed by atoms with Crippen LogP contribution < -0.4 is 5.32 Å². The van der Waals surface area contributed by atoms with Crippen molar-refractivity contribution >= 4 is 23.2 Å². The van der Waals surface area contributed by atoms with Gasteiger partial charge in [0, 0.05) is 17.1 Å². The van der Waals surface area contributed by atoms with Gasteiger partial charge in [-0.2, -0.15) is 0 Å². The average Bonchev–Trinajstić information content (AvgIpc) is 1.99.